The normalized spacial score (nSPS) is 13.5. The molecule has 1 aromatic heterocycles. The number of rotatable bonds is 5. The van der Waals surface area contributed by atoms with Gasteiger partial charge in [0.2, 0.25) is 0 Å². The Balaban J connectivity index is 2.44. The van der Waals surface area contributed by atoms with Crippen LogP contribution < -0.4 is 11.3 Å². The first kappa shape index (κ1) is 10.6. The van der Waals surface area contributed by atoms with Crippen molar-refractivity contribution >= 4 is 11.5 Å². The van der Waals surface area contributed by atoms with E-state index < -0.39 is 0 Å². The molecule has 3 N–H and O–H groups in total. The van der Waals surface area contributed by atoms with Crippen LogP contribution in [0.15, 0.2) is 6.20 Å². The molecular formula is C8H16N4S. The Labute approximate surface area is 82.7 Å². The maximum Gasteiger partial charge on any atom is 0.0669 e. The average Bonchev–Trinajstić information content (AvgIpc) is 2.58. The number of hydrogen-bond acceptors (Lipinski definition) is 5. The first-order valence-corrected chi connectivity index (χ1v) is 5.24. The minimum Gasteiger partial charge on any atom is -0.271 e. The minimum atomic E-state index is 0.211. The van der Waals surface area contributed by atoms with Crippen molar-refractivity contribution in [2.24, 2.45) is 11.8 Å². The number of hydrogen-bond donors (Lipinski definition) is 2. The van der Waals surface area contributed by atoms with Gasteiger partial charge in [-0.3, -0.25) is 11.3 Å². The average molecular weight is 200 g/mol. The van der Waals surface area contributed by atoms with Crippen LogP contribution in [-0.2, 0) is 0 Å². The van der Waals surface area contributed by atoms with Crippen molar-refractivity contribution in [3.8, 4) is 0 Å². The summed E-state index contributed by atoms with van der Waals surface area (Å²) in [6.07, 6.45) is 3.97. The molecule has 0 aliphatic rings. The number of nitrogens with two attached hydrogens (primary N) is 1. The largest absolute Gasteiger partial charge is 0.271 e. The molecule has 5 heteroatoms. The van der Waals surface area contributed by atoms with Crippen LogP contribution in [0, 0.1) is 5.92 Å². The van der Waals surface area contributed by atoms with E-state index in [9.17, 15) is 0 Å². The molecule has 13 heavy (non-hydrogen) atoms. The van der Waals surface area contributed by atoms with Gasteiger partial charge in [-0.1, -0.05) is 18.3 Å². The van der Waals surface area contributed by atoms with Crippen LogP contribution in [0.25, 0.3) is 0 Å². The third kappa shape index (κ3) is 3.38. The molecule has 0 saturated heterocycles. The first-order valence-electron chi connectivity index (χ1n) is 4.47. The van der Waals surface area contributed by atoms with Crippen LogP contribution in [0.1, 0.15) is 37.6 Å². The van der Waals surface area contributed by atoms with Gasteiger partial charge in [-0.15, -0.1) is 5.10 Å². The number of nitrogens with one attached hydrogen (secondary N) is 1. The van der Waals surface area contributed by atoms with Crippen molar-refractivity contribution in [2.75, 3.05) is 0 Å². The molecule has 1 heterocycles. The molecule has 0 aliphatic carbocycles. The van der Waals surface area contributed by atoms with E-state index in [1.54, 1.807) is 6.20 Å². The molecule has 0 radical (unpaired) electrons. The first-order chi connectivity index (χ1) is 6.24. The van der Waals surface area contributed by atoms with Crippen molar-refractivity contribution in [2.45, 2.75) is 32.7 Å². The summed E-state index contributed by atoms with van der Waals surface area (Å²) in [7, 11) is 0. The number of nitrogens with zero attached hydrogens (tertiary/aromatic N) is 2. The number of hydrazine groups is 1. The molecule has 1 rings (SSSR count). The molecule has 1 unspecified atom stereocenters. The van der Waals surface area contributed by atoms with Crippen LogP contribution in [0.4, 0.5) is 0 Å². The lowest BCUT2D eigenvalue weighted by molar-refractivity contribution is 0.452. The van der Waals surface area contributed by atoms with Gasteiger partial charge in [-0.2, -0.15) is 0 Å². The molecule has 1 atom stereocenters. The van der Waals surface area contributed by atoms with Gasteiger partial charge in [-0.05, 0) is 30.3 Å². The van der Waals surface area contributed by atoms with Crippen LogP contribution in [-0.4, -0.2) is 9.59 Å². The van der Waals surface area contributed by atoms with Crippen molar-refractivity contribution in [3.05, 3.63) is 11.1 Å². The van der Waals surface area contributed by atoms with Gasteiger partial charge < -0.3 is 0 Å². The van der Waals surface area contributed by atoms with E-state index in [4.69, 9.17) is 5.84 Å². The molecule has 0 fully saturated rings. The molecular weight excluding hydrogens is 184 g/mol. The smallest absolute Gasteiger partial charge is 0.0669 e. The zero-order valence-corrected chi connectivity index (χ0v) is 8.84. The van der Waals surface area contributed by atoms with Gasteiger partial charge in [-0.25, -0.2) is 0 Å². The highest BCUT2D eigenvalue weighted by molar-refractivity contribution is 7.05. The second-order valence-electron chi connectivity index (χ2n) is 3.51. The Morgan fingerprint density at radius 2 is 2.31 bits per heavy atom. The second kappa shape index (κ2) is 5.26. The molecule has 0 bridgehead atoms. The lowest BCUT2D eigenvalue weighted by Gasteiger charge is -2.13. The van der Waals surface area contributed by atoms with Gasteiger partial charge in [0.15, 0.2) is 0 Å². The Morgan fingerprint density at radius 3 is 2.77 bits per heavy atom. The monoisotopic (exact) mass is 200 g/mol. The summed E-state index contributed by atoms with van der Waals surface area (Å²) in [6.45, 7) is 4.41. The summed E-state index contributed by atoms with van der Waals surface area (Å²) in [5.74, 6) is 6.16. The molecule has 0 aliphatic heterocycles. The van der Waals surface area contributed by atoms with Gasteiger partial charge in [0.1, 0.15) is 0 Å². The molecule has 0 saturated carbocycles. The summed E-state index contributed by atoms with van der Waals surface area (Å²) >= 11 is 1.40. The summed E-state index contributed by atoms with van der Waals surface area (Å²) in [5.41, 5.74) is 2.79. The van der Waals surface area contributed by atoms with E-state index in [0.29, 0.717) is 5.92 Å². The lowest BCUT2D eigenvalue weighted by Crippen LogP contribution is -2.27. The third-order valence-electron chi connectivity index (χ3n) is 1.96. The predicted octanol–water partition coefficient (Wildman–Crippen LogP) is 1.48. The molecule has 0 amide bonds. The van der Waals surface area contributed by atoms with Gasteiger partial charge >= 0.3 is 0 Å². The SMILES string of the molecule is CC(C)CCC(NN)c1cnns1. The third-order valence-corrected chi connectivity index (χ3v) is 2.73. The zero-order valence-electron chi connectivity index (χ0n) is 8.03. The van der Waals surface area contributed by atoms with E-state index in [-0.39, 0.29) is 6.04 Å². The fourth-order valence-corrected chi connectivity index (χ4v) is 1.73. The van der Waals surface area contributed by atoms with E-state index in [1.165, 1.54) is 11.5 Å². The van der Waals surface area contributed by atoms with Crippen LogP contribution in [0.5, 0.6) is 0 Å². The minimum absolute atomic E-state index is 0.211. The molecule has 1 aromatic rings. The number of aromatic nitrogens is 2. The van der Waals surface area contributed by atoms with Crippen molar-refractivity contribution in [1.29, 1.82) is 0 Å². The van der Waals surface area contributed by atoms with Crippen LogP contribution >= 0.6 is 11.5 Å². The van der Waals surface area contributed by atoms with Gasteiger partial charge in [0.05, 0.1) is 17.1 Å². The van der Waals surface area contributed by atoms with Gasteiger partial charge in [0.25, 0.3) is 0 Å². The highest BCUT2D eigenvalue weighted by Gasteiger charge is 2.12. The summed E-state index contributed by atoms with van der Waals surface area (Å²) < 4.78 is 3.81. The van der Waals surface area contributed by atoms with Crippen molar-refractivity contribution in [1.82, 2.24) is 15.0 Å². The summed E-state index contributed by atoms with van der Waals surface area (Å²) in [5, 5.41) is 3.79. The molecule has 0 spiro atoms. The summed E-state index contributed by atoms with van der Waals surface area (Å²) in [4.78, 5) is 1.11. The molecule has 74 valence electrons. The predicted molar refractivity (Wildman–Crippen MR) is 54.0 cm³/mol. The quantitative estimate of drug-likeness (QED) is 0.558. The standard InChI is InChI=1S/C8H16N4S/c1-6(2)3-4-7(11-9)8-5-10-12-13-8/h5-7,11H,3-4,9H2,1-2H3. The Morgan fingerprint density at radius 1 is 1.54 bits per heavy atom. The maximum atomic E-state index is 5.45. The fraction of sp³-hybridized carbons (Fsp3) is 0.750. The Hall–Kier alpha value is -0.520. The molecule has 0 aromatic carbocycles. The van der Waals surface area contributed by atoms with Gasteiger partial charge in [0, 0.05) is 0 Å². The highest BCUT2D eigenvalue weighted by atomic mass is 32.1. The summed E-state index contributed by atoms with van der Waals surface area (Å²) in [6, 6.07) is 0.211. The zero-order chi connectivity index (χ0) is 9.68. The van der Waals surface area contributed by atoms with Crippen molar-refractivity contribution < 1.29 is 0 Å². The van der Waals surface area contributed by atoms with E-state index in [1.807, 2.05) is 0 Å². The fourth-order valence-electron chi connectivity index (χ4n) is 1.14. The topological polar surface area (TPSA) is 63.8 Å². The van der Waals surface area contributed by atoms with E-state index in [0.717, 1.165) is 17.7 Å². The lowest BCUT2D eigenvalue weighted by atomic mass is 10.0. The van der Waals surface area contributed by atoms with Crippen molar-refractivity contribution in [3.63, 3.8) is 0 Å². The second-order valence-corrected chi connectivity index (χ2v) is 4.33. The maximum absolute atomic E-state index is 5.45. The highest BCUT2D eigenvalue weighted by Crippen LogP contribution is 2.21. The molecule has 4 nitrogen and oxygen atoms in total. The van der Waals surface area contributed by atoms with E-state index in [2.05, 4.69) is 28.9 Å². The van der Waals surface area contributed by atoms with Crippen LogP contribution in [0.3, 0.4) is 0 Å². The van der Waals surface area contributed by atoms with Crippen LogP contribution in [0.2, 0.25) is 0 Å². The van der Waals surface area contributed by atoms with E-state index >= 15 is 0 Å². The Kier molecular flexibility index (Phi) is 4.27. The Bertz CT molecular complexity index is 222.